The molecule has 0 fully saturated rings. The number of carboxylic acid groups (broad SMARTS) is 1. The zero-order valence-electron chi connectivity index (χ0n) is 14.8. The van der Waals surface area contributed by atoms with Gasteiger partial charge in [-0.05, 0) is 47.1 Å². The van der Waals surface area contributed by atoms with Gasteiger partial charge in [-0.3, -0.25) is 9.35 Å². The lowest BCUT2D eigenvalue weighted by molar-refractivity contribution is -0.946. The molecule has 0 spiro atoms. The van der Waals surface area contributed by atoms with Crippen molar-refractivity contribution in [3.63, 3.8) is 0 Å². The van der Waals surface area contributed by atoms with Crippen LogP contribution in [0.2, 0.25) is 0 Å². The molecule has 0 rings (SSSR count). The maximum absolute atomic E-state index is 11.0. The highest BCUT2D eigenvalue weighted by atomic mass is 32.2. The average molecular weight is 354 g/mol. The maximum atomic E-state index is 11.0. The number of likely N-dealkylation sites (N-methyl/N-ethyl adjacent to an activating group) is 1. The second kappa shape index (κ2) is 10.2. The van der Waals surface area contributed by atoms with Gasteiger partial charge >= 0.3 is 5.97 Å². The van der Waals surface area contributed by atoms with Gasteiger partial charge in [0.15, 0.2) is 0 Å². The first-order valence-electron chi connectivity index (χ1n) is 8.29. The van der Waals surface area contributed by atoms with Gasteiger partial charge in [0.1, 0.15) is 6.04 Å². The van der Waals surface area contributed by atoms with Gasteiger partial charge in [0.2, 0.25) is 0 Å². The molecule has 1 unspecified atom stereocenters. The lowest BCUT2D eigenvalue weighted by atomic mass is 10.1. The molecule has 0 aromatic carbocycles. The minimum absolute atomic E-state index is 0.208. The average Bonchev–Trinajstić information content (AvgIpc) is 2.43. The van der Waals surface area contributed by atoms with Crippen molar-refractivity contribution in [1.82, 2.24) is 5.32 Å². The first-order valence-corrected chi connectivity index (χ1v) is 9.90. The van der Waals surface area contributed by atoms with Gasteiger partial charge in [0.05, 0.1) is 31.4 Å². The fraction of sp³-hybridized carbons (Fsp3) is 0.933. The van der Waals surface area contributed by atoms with Crippen LogP contribution < -0.4 is 5.32 Å². The number of carbonyl (C=O) groups is 1. The molecule has 8 heteroatoms. The Balaban J connectivity index is 4.52. The number of rotatable bonds is 13. The molecule has 0 aliphatic heterocycles. The van der Waals surface area contributed by atoms with Crippen molar-refractivity contribution in [2.45, 2.75) is 58.5 Å². The fourth-order valence-corrected chi connectivity index (χ4v) is 3.53. The first kappa shape index (κ1) is 22.3. The smallest absolute Gasteiger partial charge is 0.320 e. The fourth-order valence-electron chi connectivity index (χ4n) is 3.04. The maximum Gasteiger partial charge on any atom is 0.320 e. The molecule has 0 saturated carbocycles. The van der Waals surface area contributed by atoms with Gasteiger partial charge < -0.3 is 14.9 Å². The number of hydrogen-bond acceptors (Lipinski definition) is 4. The lowest BCUT2D eigenvalue weighted by Crippen LogP contribution is -2.54. The molecule has 0 bridgehead atoms. The number of nitrogens with zero attached hydrogens (tertiary/aromatic N) is 1. The van der Waals surface area contributed by atoms with Gasteiger partial charge in [-0.1, -0.05) is 0 Å². The molecular formula is C15H33N2O5S+. The van der Waals surface area contributed by atoms with Crippen LogP contribution in [0.25, 0.3) is 0 Å². The first-order chi connectivity index (χ1) is 10.6. The second-order valence-electron chi connectivity index (χ2n) is 6.39. The van der Waals surface area contributed by atoms with Crippen LogP contribution in [0.15, 0.2) is 0 Å². The van der Waals surface area contributed by atoms with Crippen LogP contribution in [-0.4, -0.2) is 73.0 Å². The third-order valence-electron chi connectivity index (χ3n) is 4.72. The van der Waals surface area contributed by atoms with Crippen LogP contribution in [0, 0.1) is 0 Å². The molecule has 0 amide bonds. The van der Waals surface area contributed by atoms with Crippen molar-refractivity contribution >= 4 is 16.1 Å². The van der Waals surface area contributed by atoms with Gasteiger partial charge in [0.25, 0.3) is 10.1 Å². The summed E-state index contributed by atoms with van der Waals surface area (Å²) in [5.41, 5.74) is 0. The summed E-state index contributed by atoms with van der Waals surface area (Å²) in [5.74, 6) is -1.04. The summed E-state index contributed by atoms with van der Waals surface area (Å²) in [4.78, 5) is 11.0. The van der Waals surface area contributed by atoms with E-state index in [2.05, 4.69) is 26.1 Å². The van der Waals surface area contributed by atoms with Crippen LogP contribution in [-0.2, 0) is 14.9 Å². The van der Waals surface area contributed by atoms with E-state index in [0.29, 0.717) is 25.4 Å². The van der Waals surface area contributed by atoms with E-state index in [9.17, 15) is 13.2 Å². The molecule has 3 N–H and O–H groups in total. The van der Waals surface area contributed by atoms with E-state index in [-0.39, 0.29) is 5.75 Å². The summed E-state index contributed by atoms with van der Waals surface area (Å²) in [5, 5.41) is 11.8. The van der Waals surface area contributed by atoms with Crippen LogP contribution in [0.4, 0.5) is 0 Å². The van der Waals surface area contributed by atoms with Gasteiger partial charge in [-0.15, -0.1) is 0 Å². The van der Waals surface area contributed by atoms with E-state index in [1.165, 1.54) is 0 Å². The summed E-state index contributed by atoms with van der Waals surface area (Å²) < 4.78 is 31.5. The predicted molar refractivity (Wildman–Crippen MR) is 91.0 cm³/mol. The van der Waals surface area contributed by atoms with E-state index < -0.39 is 22.1 Å². The Bertz CT molecular complexity index is 453. The monoisotopic (exact) mass is 353 g/mol. The summed E-state index contributed by atoms with van der Waals surface area (Å²) in [7, 11) is -2.27. The molecule has 2 atom stereocenters. The van der Waals surface area contributed by atoms with Gasteiger partial charge in [-0.2, -0.15) is 8.42 Å². The number of hydrogen-bond donors (Lipinski definition) is 3. The molecule has 23 heavy (non-hydrogen) atoms. The third-order valence-corrected chi connectivity index (χ3v) is 5.53. The van der Waals surface area contributed by atoms with Crippen molar-refractivity contribution in [3.05, 3.63) is 0 Å². The van der Waals surface area contributed by atoms with Crippen molar-refractivity contribution in [3.8, 4) is 0 Å². The number of unbranched alkanes of at least 4 members (excludes halogenated alkanes) is 1. The van der Waals surface area contributed by atoms with E-state index in [4.69, 9.17) is 9.66 Å². The molecule has 7 nitrogen and oxygen atoms in total. The highest BCUT2D eigenvalue weighted by Crippen LogP contribution is 2.18. The van der Waals surface area contributed by atoms with Gasteiger partial charge in [0, 0.05) is 6.42 Å². The summed E-state index contributed by atoms with van der Waals surface area (Å²) >= 11 is 0. The van der Waals surface area contributed by atoms with Gasteiger partial charge in [-0.25, -0.2) is 0 Å². The molecule has 0 heterocycles. The SMILES string of the molecule is CC[N+](CCCC[C@H](NC)C(=O)O)(CCCS(=O)(=O)O)C(C)C. The number of carboxylic acids is 1. The minimum atomic E-state index is -3.91. The van der Waals surface area contributed by atoms with E-state index in [1.54, 1.807) is 7.05 Å². The Kier molecular flexibility index (Phi) is 9.91. The number of nitrogens with one attached hydrogen (secondary N) is 1. The lowest BCUT2D eigenvalue weighted by Gasteiger charge is -2.42. The Morgan fingerprint density at radius 3 is 2.13 bits per heavy atom. The summed E-state index contributed by atoms with van der Waals surface area (Å²) in [6, 6.07) is -0.168. The molecule has 0 aromatic rings. The molecule has 0 aliphatic rings. The third kappa shape index (κ3) is 8.64. The second-order valence-corrected chi connectivity index (χ2v) is 7.96. The van der Waals surface area contributed by atoms with Crippen molar-refractivity contribution < 1.29 is 27.4 Å². The molecule has 0 radical (unpaired) electrons. The number of aliphatic carboxylic acids is 1. The molecule has 0 aliphatic carbocycles. The largest absolute Gasteiger partial charge is 0.480 e. The Morgan fingerprint density at radius 2 is 1.74 bits per heavy atom. The van der Waals surface area contributed by atoms with Crippen molar-refractivity contribution in [2.24, 2.45) is 0 Å². The normalized spacial score (nSPS) is 16.3. The van der Waals surface area contributed by atoms with Crippen LogP contribution in [0.5, 0.6) is 0 Å². The molecule has 0 aromatic heterocycles. The molecule has 0 saturated heterocycles. The Hall–Kier alpha value is -0.700. The summed E-state index contributed by atoms with van der Waals surface area (Å²) in [6.07, 6.45) is 2.71. The van der Waals surface area contributed by atoms with E-state index >= 15 is 0 Å². The Labute approximate surface area is 140 Å². The highest BCUT2D eigenvalue weighted by molar-refractivity contribution is 7.85. The van der Waals surface area contributed by atoms with Crippen LogP contribution >= 0.6 is 0 Å². The van der Waals surface area contributed by atoms with Crippen molar-refractivity contribution in [2.75, 3.05) is 32.4 Å². The Morgan fingerprint density at radius 1 is 1.17 bits per heavy atom. The van der Waals surface area contributed by atoms with E-state index in [1.807, 2.05) is 0 Å². The van der Waals surface area contributed by atoms with Crippen molar-refractivity contribution in [1.29, 1.82) is 0 Å². The zero-order chi connectivity index (χ0) is 18.1. The highest BCUT2D eigenvalue weighted by Gasteiger charge is 2.29. The minimum Gasteiger partial charge on any atom is -0.480 e. The zero-order valence-corrected chi connectivity index (χ0v) is 15.6. The quantitative estimate of drug-likeness (QED) is 0.262. The van der Waals surface area contributed by atoms with E-state index in [0.717, 1.165) is 30.4 Å². The standard InChI is InChI=1S/C15H32N2O5S/c1-5-17(13(2)3,11-8-12-23(20,21)22)10-7-6-9-14(16-4)15(18)19/h13-14,16H,5-12H2,1-4H3,(H-,18,19,20,21,22)/p+1/t14-,17?/m0/s1. The molecule has 138 valence electrons. The van der Waals surface area contributed by atoms with Crippen LogP contribution in [0.3, 0.4) is 0 Å². The number of quaternary nitrogens is 1. The topological polar surface area (TPSA) is 104 Å². The summed E-state index contributed by atoms with van der Waals surface area (Å²) in [6.45, 7) is 8.78. The van der Waals surface area contributed by atoms with Crippen LogP contribution in [0.1, 0.15) is 46.5 Å². The molecular weight excluding hydrogens is 320 g/mol. The predicted octanol–water partition coefficient (Wildman–Crippen LogP) is 1.35.